The van der Waals surface area contributed by atoms with Gasteiger partial charge in [0.15, 0.2) is 0 Å². The lowest BCUT2D eigenvalue weighted by atomic mass is 9.84. The van der Waals surface area contributed by atoms with E-state index in [1.54, 1.807) is 0 Å². The van der Waals surface area contributed by atoms with E-state index in [0.29, 0.717) is 64.6 Å². The molecule has 0 aliphatic heterocycles. The Kier molecular flexibility index (Phi) is 17.7. The summed E-state index contributed by atoms with van der Waals surface area (Å²) in [6.07, 6.45) is 0.652. The predicted octanol–water partition coefficient (Wildman–Crippen LogP) is 5.08. The molecule has 0 aromatic heterocycles. The van der Waals surface area contributed by atoms with E-state index in [4.69, 9.17) is 26.6 Å². The fraction of sp³-hybridized carbons (Fsp3) is 0.909. The summed E-state index contributed by atoms with van der Waals surface area (Å²) in [6.45, 7) is 13.4. The standard InChI is InChI=1S/C22H44Br2O10Si2/c1-7-29-35(30-8-2,31-9-3)17-13-15-21(23,19(25)26)22(24,20(27)28)16-14-18-36(32-10-4,33-11-5)34-12-6/h7-18H2,1-6H3,(H,25,26)(H,27,28). The number of carboxylic acids is 2. The van der Waals surface area contributed by atoms with Crippen molar-refractivity contribution in [1.29, 1.82) is 0 Å². The molecule has 0 aromatic carbocycles. The van der Waals surface area contributed by atoms with Crippen LogP contribution in [0.2, 0.25) is 12.1 Å². The smallest absolute Gasteiger partial charge is 0.480 e. The molecule has 0 fully saturated rings. The lowest BCUT2D eigenvalue weighted by Crippen LogP contribution is -2.56. The van der Waals surface area contributed by atoms with Crippen LogP contribution in [-0.2, 0) is 36.1 Å². The second kappa shape index (κ2) is 17.6. The molecule has 2 atom stereocenters. The Hall–Kier alpha value is 0.0938. The van der Waals surface area contributed by atoms with Gasteiger partial charge in [-0.25, -0.2) is 0 Å². The zero-order chi connectivity index (χ0) is 27.9. The van der Waals surface area contributed by atoms with Crippen LogP contribution in [0.25, 0.3) is 0 Å². The van der Waals surface area contributed by atoms with Crippen molar-refractivity contribution in [3.63, 3.8) is 0 Å². The van der Waals surface area contributed by atoms with Crippen molar-refractivity contribution in [2.24, 2.45) is 0 Å². The van der Waals surface area contributed by atoms with Gasteiger partial charge in [-0.3, -0.25) is 9.59 Å². The van der Waals surface area contributed by atoms with Crippen LogP contribution >= 0.6 is 31.9 Å². The molecule has 0 aliphatic rings. The topological polar surface area (TPSA) is 130 Å². The highest BCUT2D eigenvalue weighted by atomic mass is 79.9. The third kappa shape index (κ3) is 10.0. The fourth-order valence-corrected chi connectivity index (χ4v) is 10.6. The molecule has 0 amide bonds. The maximum atomic E-state index is 12.5. The number of halogens is 2. The van der Waals surface area contributed by atoms with E-state index in [2.05, 4.69) is 31.9 Å². The quantitative estimate of drug-likeness (QED) is 0.111. The number of aliphatic carboxylic acids is 2. The minimum atomic E-state index is -3.01. The van der Waals surface area contributed by atoms with Crippen molar-refractivity contribution in [3.05, 3.63) is 0 Å². The summed E-state index contributed by atoms with van der Waals surface area (Å²) in [5.74, 6) is -2.55. The summed E-state index contributed by atoms with van der Waals surface area (Å²) < 4.78 is 31.5. The lowest BCUT2D eigenvalue weighted by Gasteiger charge is -2.38. The normalized spacial score (nSPS) is 15.9. The van der Waals surface area contributed by atoms with Crippen molar-refractivity contribution in [1.82, 2.24) is 0 Å². The predicted molar refractivity (Wildman–Crippen MR) is 148 cm³/mol. The van der Waals surface area contributed by atoms with Gasteiger partial charge in [-0.15, -0.1) is 0 Å². The van der Waals surface area contributed by atoms with Gasteiger partial charge in [-0.2, -0.15) is 0 Å². The number of carboxylic acid groups (broad SMARTS) is 2. The molecule has 2 unspecified atom stereocenters. The fourth-order valence-electron chi connectivity index (χ4n) is 4.05. The molecule has 0 bridgehead atoms. The number of rotatable bonds is 23. The average Bonchev–Trinajstić information content (AvgIpc) is 2.79. The summed E-state index contributed by atoms with van der Waals surface area (Å²) in [4.78, 5) is 25.0. The van der Waals surface area contributed by atoms with Crippen LogP contribution in [0.4, 0.5) is 0 Å². The van der Waals surface area contributed by atoms with Crippen LogP contribution < -0.4 is 0 Å². The van der Waals surface area contributed by atoms with E-state index in [0.717, 1.165) is 0 Å². The number of hydrogen-bond acceptors (Lipinski definition) is 8. The zero-order valence-corrected chi connectivity index (χ0v) is 27.6. The van der Waals surface area contributed by atoms with Crippen LogP contribution in [-0.4, -0.2) is 88.1 Å². The van der Waals surface area contributed by atoms with Gasteiger partial charge in [0.1, 0.15) is 8.65 Å². The van der Waals surface area contributed by atoms with E-state index in [1.807, 2.05) is 41.5 Å². The van der Waals surface area contributed by atoms with Gasteiger partial charge < -0.3 is 36.8 Å². The summed E-state index contributed by atoms with van der Waals surface area (Å²) in [7, 11) is -6.03. The Morgan fingerprint density at radius 1 is 0.583 bits per heavy atom. The molecular weight excluding hydrogens is 640 g/mol. The Morgan fingerprint density at radius 2 is 0.806 bits per heavy atom. The monoisotopic (exact) mass is 682 g/mol. The average molecular weight is 685 g/mol. The van der Waals surface area contributed by atoms with Gasteiger partial charge in [0.25, 0.3) is 0 Å². The second-order valence-corrected chi connectivity index (χ2v) is 16.1. The first-order valence-electron chi connectivity index (χ1n) is 12.6. The molecule has 0 rings (SSSR count). The van der Waals surface area contributed by atoms with Gasteiger partial charge in [-0.05, 0) is 67.2 Å². The van der Waals surface area contributed by atoms with Gasteiger partial charge in [-0.1, -0.05) is 31.9 Å². The van der Waals surface area contributed by atoms with Gasteiger partial charge in [0, 0.05) is 51.7 Å². The van der Waals surface area contributed by atoms with E-state index in [1.165, 1.54) is 0 Å². The Morgan fingerprint density at radius 3 is 0.972 bits per heavy atom. The number of alkyl halides is 2. The van der Waals surface area contributed by atoms with Gasteiger partial charge >= 0.3 is 29.5 Å². The van der Waals surface area contributed by atoms with E-state index < -0.39 is 38.2 Å². The Bertz CT molecular complexity index is 572. The van der Waals surface area contributed by atoms with Crippen molar-refractivity contribution in [2.45, 2.75) is 88.0 Å². The first-order chi connectivity index (χ1) is 16.9. The maximum Gasteiger partial charge on any atom is 0.500 e. The molecule has 0 aliphatic carbocycles. The van der Waals surface area contributed by atoms with Gasteiger partial charge in [0.2, 0.25) is 0 Å². The first kappa shape index (κ1) is 36.1. The molecule has 0 radical (unpaired) electrons. The molecule has 0 aromatic rings. The van der Waals surface area contributed by atoms with E-state index in [9.17, 15) is 19.8 Å². The highest BCUT2D eigenvalue weighted by Crippen LogP contribution is 2.47. The van der Waals surface area contributed by atoms with Gasteiger partial charge in [0.05, 0.1) is 0 Å². The lowest BCUT2D eigenvalue weighted by molar-refractivity contribution is -0.149. The van der Waals surface area contributed by atoms with Crippen LogP contribution in [0.15, 0.2) is 0 Å². The Balaban J connectivity index is 5.80. The molecular formula is C22H44Br2O10Si2. The molecule has 214 valence electrons. The summed E-state index contributed by atoms with van der Waals surface area (Å²) in [6, 6.07) is 0.724. The molecule has 0 heterocycles. The zero-order valence-electron chi connectivity index (χ0n) is 22.4. The van der Waals surface area contributed by atoms with Crippen molar-refractivity contribution in [3.8, 4) is 0 Å². The van der Waals surface area contributed by atoms with Crippen LogP contribution in [0.3, 0.4) is 0 Å². The molecule has 14 heteroatoms. The highest BCUT2D eigenvalue weighted by Gasteiger charge is 2.59. The van der Waals surface area contributed by atoms with Crippen molar-refractivity contribution >= 4 is 61.4 Å². The molecule has 0 saturated heterocycles. The highest BCUT2D eigenvalue weighted by molar-refractivity contribution is 9.13. The van der Waals surface area contributed by atoms with Crippen LogP contribution in [0, 0.1) is 0 Å². The molecule has 0 saturated carbocycles. The third-order valence-electron chi connectivity index (χ3n) is 5.50. The first-order valence-corrected chi connectivity index (χ1v) is 18.0. The summed E-state index contributed by atoms with van der Waals surface area (Å²) >= 11 is 6.63. The van der Waals surface area contributed by atoms with Crippen LogP contribution in [0.5, 0.6) is 0 Å². The molecule has 36 heavy (non-hydrogen) atoms. The van der Waals surface area contributed by atoms with E-state index in [-0.39, 0.29) is 12.8 Å². The third-order valence-corrected chi connectivity index (χ3v) is 15.2. The number of hydrogen-bond donors (Lipinski definition) is 2. The molecule has 2 N–H and O–H groups in total. The van der Waals surface area contributed by atoms with Crippen molar-refractivity contribution < 1.29 is 46.4 Å². The minimum Gasteiger partial charge on any atom is -0.480 e. The Labute approximate surface area is 234 Å². The SMILES string of the molecule is CCO[Si](CCCC(Br)(C(=O)O)C(Br)(CCC[Si](OCC)(OCC)OCC)C(=O)O)(OCC)OCC. The second-order valence-electron chi connectivity index (χ2n) is 7.88. The molecule has 10 nitrogen and oxygen atoms in total. The molecule has 0 spiro atoms. The van der Waals surface area contributed by atoms with Crippen LogP contribution in [0.1, 0.15) is 67.2 Å². The van der Waals surface area contributed by atoms with Crippen molar-refractivity contribution in [2.75, 3.05) is 39.6 Å². The number of carbonyl (C=O) groups is 2. The largest absolute Gasteiger partial charge is 0.500 e. The van der Waals surface area contributed by atoms with E-state index >= 15 is 0 Å². The minimum absolute atomic E-state index is 0.00675. The summed E-state index contributed by atoms with van der Waals surface area (Å²) in [5, 5.41) is 20.4. The maximum absolute atomic E-state index is 12.5. The summed E-state index contributed by atoms with van der Waals surface area (Å²) in [5.41, 5.74) is 0.